The van der Waals surface area contributed by atoms with E-state index < -0.39 is 0 Å². The van der Waals surface area contributed by atoms with E-state index in [9.17, 15) is 0 Å². The SMILES string of the molecule is CCNC(=NCc1cnn(C)c1)NCC(C)(C)Sc1ccc(Br)cc1.I. The molecule has 8 heteroatoms. The number of guanidine groups is 1. The summed E-state index contributed by atoms with van der Waals surface area (Å²) in [6.07, 6.45) is 3.83. The second kappa shape index (κ2) is 11.2. The number of aromatic nitrogens is 2. The minimum atomic E-state index is 0. The number of hydrogen-bond acceptors (Lipinski definition) is 3. The van der Waals surface area contributed by atoms with E-state index in [1.165, 1.54) is 4.90 Å². The molecule has 5 nitrogen and oxygen atoms in total. The number of rotatable bonds is 7. The van der Waals surface area contributed by atoms with E-state index in [1.54, 1.807) is 4.68 Å². The second-order valence-corrected chi connectivity index (χ2v) is 9.08. The fourth-order valence-corrected chi connectivity index (χ4v) is 3.54. The van der Waals surface area contributed by atoms with Crippen molar-refractivity contribution in [2.45, 2.75) is 37.0 Å². The maximum atomic E-state index is 4.64. The van der Waals surface area contributed by atoms with Gasteiger partial charge in [-0.1, -0.05) is 15.9 Å². The van der Waals surface area contributed by atoms with Crippen molar-refractivity contribution in [2.24, 2.45) is 12.0 Å². The van der Waals surface area contributed by atoms with E-state index in [4.69, 9.17) is 0 Å². The number of nitrogens with zero attached hydrogens (tertiary/aromatic N) is 3. The molecule has 0 unspecified atom stereocenters. The summed E-state index contributed by atoms with van der Waals surface area (Å²) in [6.45, 7) is 8.80. The van der Waals surface area contributed by atoms with Crippen LogP contribution in [0.1, 0.15) is 26.3 Å². The highest BCUT2D eigenvalue weighted by atomic mass is 127. The Morgan fingerprint density at radius 2 is 1.96 bits per heavy atom. The lowest BCUT2D eigenvalue weighted by molar-refractivity contribution is 0.663. The van der Waals surface area contributed by atoms with Gasteiger partial charge in [-0.05, 0) is 45.0 Å². The highest BCUT2D eigenvalue weighted by molar-refractivity contribution is 14.0. The Morgan fingerprint density at radius 3 is 2.54 bits per heavy atom. The molecule has 144 valence electrons. The minimum absolute atomic E-state index is 0. The van der Waals surface area contributed by atoms with Crippen LogP contribution in [0.2, 0.25) is 0 Å². The zero-order valence-electron chi connectivity index (χ0n) is 15.6. The number of aryl methyl sites for hydroxylation is 1. The molecular formula is C18H27BrIN5S. The van der Waals surface area contributed by atoms with Crippen LogP contribution in [-0.4, -0.2) is 33.6 Å². The summed E-state index contributed by atoms with van der Waals surface area (Å²) < 4.78 is 2.94. The number of aliphatic imine (C=N–C) groups is 1. The van der Waals surface area contributed by atoms with Gasteiger partial charge in [0.15, 0.2) is 5.96 Å². The third-order valence-electron chi connectivity index (χ3n) is 3.41. The van der Waals surface area contributed by atoms with Gasteiger partial charge in [0.05, 0.1) is 12.7 Å². The van der Waals surface area contributed by atoms with Crippen LogP contribution in [0.5, 0.6) is 0 Å². The van der Waals surface area contributed by atoms with E-state index in [1.807, 2.05) is 31.2 Å². The Bertz CT molecular complexity index is 700. The average Bonchev–Trinajstić information content (AvgIpc) is 2.98. The predicted molar refractivity (Wildman–Crippen MR) is 126 cm³/mol. The van der Waals surface area contributed by atoms with Crippen LogP contribution in [0, 0.1) is 0 Å². The average molecular weight is 552 g/mol. The second-order valence-electron chi connectivity index (χ2n) is 6.39. The molecule has 0 aliphatic heterocycles. The van der Waals surface area contributed by atoms with Crippen molar-refractivity contribution in [2.75, 3.05) is 13.1 Å². The molecular weight excluding hydrogens is 525 g/mol. The molecule has 0 bridgehead atoms. The summed E-state index contributed by atoms with van der Waals surface area (Å²) in [5.74, 6) is 0.829. The molecule has 2 rings (SSSR count). The van der Waals surface area contributed by atoms with Crippen molar-refractivity contribution in [3.05, 3.63) is 46.7 Å². The van der Waals surface area contributed by atoms with E-state index in [0.29, 0.717) is 6.54 Å². The van der Waals surface area contributed by atoms with Gasteiger partial charge in [0.2, 0.25) is 0 Å². The molecule has 0 atom stereocenters. The monoisotopic (exact) mass is 551 g/mol. The maximum Gasteiger partial charge on any atom is 0.191 e. The molecule has 0 spiro atoms. The lowest BCUT2D eigenvalue weighted by atomic mass is 10.2. The fraction of sp³-hybridized carbons (Fsp3) is 0.444. The van der Waals surface area contributed by atoms with Crippen molar-refractivity contribution in [1.29, 1.82) is 0 Å². The molecule has 0 fully saturated rings. The fourth-order valence-electron chi connectivity index (χ4n) is 2.22. The Labute approximate surface area is 186 Å². The van der Waals surface area contributed by atoms with Gasteiger partial charge in [-0.25, -0.2) is 4.99 Å². The van der Waals surface area contributed by atoms with Gasteiger partial charge in [-0.3, -0.25) is 4.68 Å². The summed E-state index contributed by atoms with van der Waals surface area (Å²) in [6, 6.07) is 8.42. The maximum absolute atomic E-state index is 4.64. The lowest BCUT2D eigenvalue weighted by Crippen LogP contribution is -2.43. The van der Waals surface area contributed by atoms with Crippen LogP contribution in [0.15, 0.2) is 51.0 Å². The molecule has 1 aromatic carbocycles. The number of thioether (sulfide) groups is 1. The topological polar surface area (TPSA) is 54.2 Å². The van der Waals surface area contributed by atoms with Crippen LogP contribution < -0.4 is 10.6 Å². The van der Waals surface area contributed by atoms with Crippen molar-refractivity contribution in [3.8, 4) is 0 Å². The van der Waals surface area contributed by atoms with Crippen LogP contribution in [0.3, 0.4) is 0 Å². The van der Waals surface area contributed by atoms with E-state index in [2.05, 4.69) is 81.7 Å². The first kappa shape index (κ1) is 23.3. The quantitative estimate of drug-likeness (QED) is 0.231. The van der Waals surface area contributed by atoms with Gasteiger partial charge in [0.25, 0.3) is 0 Å². The van der Waals surface area contributed by atoms with Crippen molar-refractivity contribution in [1.82, 2.24) is 20.4 Å². The highest BCUT2D eigenvalue weighted by Gasteiger charge is 2.20. The summed E-state index contributed by atoms with van der Waals surface area (Å²) in [7, 11) is 1.92. The summed E-state index contributed by atoms with van der Waals surface area (Å²) in [4.78, 5) is 5.90. The van der Waals surface area contributed by atoms with Crippen molar-refractivity contribution in [3.63, 3.8) is 0 Å². The first-order valence-electron chi connectivity index (χ1n) is 8.32. The van der Waals surface area contributed by atoms with Crippen molar-refractivity contribution >= 4 is 57.6 Å². The predicted octanol–water partition coefficient (Wildman–Crippen LogP) is 4.43. The zero-order chi connectivity index (χ0) is 18.3. The smallest absolute Gasteiger partial charge is 0.191 e. The summed E-state index contributed by atoms with van der Waals surface area (Å²) in [5, 5.41) is 10.9. The first-order chi connectivity index (χ1) is 11.9. The Balaban J connectivity index is 0.00000338. The molecule has 2 N–H and O–H groups in total. The van der Waals surface area contributed by atoms with Gasteiger partial charge in [0, 0.05) is 46.0 Å². The molecule has 0 aliphatic rings. The van der Waals surface area contributed by atoms with Crippen LogP contribution >= 0.6 is 51.7 Å². The lowest BCUT2D eigenvalue weighted by Gasteiger charge is -2.25. The first-order valence-corrected chi connectivity index (χ1v) is 9.93. The number of benzene rings is 1. The molecule has 0 saturated heterocycles. The Kier molecular flexibility index (Phi) is 10.0. The van der Waals surface area contributed by atoms with E-state index >= 15 is 0 Å². The molecule has 0 radical (unpaired) electrons. The minimum Gasteiger partial charge on any atom is -0.357 e. The molecule has 0 amide bonds. The molecule has 2 aromatic rings. The molecule has 1 heterocycles. The van der Waals surface area contributed by atoms with Crippen LogP contribution in [-0.2, 0) is 13.6 Å². The Hall–Kier alpha value is -0.740. The van der Waals surface area contributed by atoms with Crippen LogP contribution in [0.4, 0.5) is 0 Å². The summed E-state index contributed by atoms with van der Waals surface area (Å²) >= 11 is 5.33. The van der Waals surface area contributed by atoms with Crippen molar-refractivity contribution < 1.29 is 0 Å². The molecule has 26 heavy (non-hydrogen) atoms. The van der Waals surface area contributed by atoms with E-state index in [0.717, 1.165) is 29.1 Å². The third-order valence-corrected chi connectivity index (χ3v) is 5.15. The normalized spacial score (nSPS) is 11.8. The third kappa shape index (κ3) is 8.30. The molecule has 1 aromatic heterocycles. The molecule has 0 saturated carbocycles. The van der Waals surface area contributed by atoms with Crippen LogP contribution in [0.25, 0.3) is 0 Å². The zero-order valence-corrected chi connectivity index (χ0v) is 20.4. The standard InChI is InChI=1S/C18H26BrN5S.HI/c1-5-20-17(21-10-14-11-23-24(4)12-14)22-13-18(2,3)25-16-8-6-15(19)7-9-16;/h6-9,11-12H,5,10,13H2,1-4H3,(H2,20,21,22);1H. The number of halogens is 2. The highest BCUT2D eigenvalue weighted by Crippen LogP contribution is 2.32. The number of hydrogen-bond donors (Lipinski definition) is 2. The number of nitrogens with one attached hydrogen (secondary N) is 2. The summed E-state index contributed by atoms with van der Waals surface area (Å²) in [5.41, 5.74) is 1.10. The van der Waals surface area contributed by atoms with Gasteiger partial charge in [-0.15, -0.1) is 35.7 Å². The van der Waals surface area contributed by atoms with Gasteiger partial charge < -0.3 is 10.6 Å². The Morgan fingerprint density at radius 1 is 1.27 bits per heavy atom. The van der Waals surface area contributed by atoms with Gasteiger partial charge in [-0.2, -0.15) is 5.10 Å². The van der Waals surface area contributed by atoms with Gasteiger partial charge >= 0.3 is 0 Å². The van der Waals surface area contributed by atoms with Gasteiger partial charge in [0.1, 0.15) is 0 Å². The molecule has 0 aliphatic carbocycles. The largest absolute Gasteiger partial charge is 0.357 e. The van der Waals surface area contributed by atoms with E-state index in [-0.39, 0.29) is 28.7 Å².